The molecule has 0 saturated carbocycles. The number of anilines is 4. The molecule has 0 bridgehead atoms. The lowest BCUT2D eigenvalue weighted by Crippen LogP contribution is -2.53. The molecule has 9 rings (SSSR count). The van der Waals surface area contributed by atoms with Crippen LogP contribution in [0.2, 0.25) is 0 Å². The minimum absolute atomic E-state index is 0.00685. The standard InChI is InChI=1S/C56H61N7O9S/c1-31(2)51(61-50(64)16-17-56(4,5)73)53(66)59-32(3)52(65)60-37-19-33(29-71-48-25-42-40(23-46(48)69-6)54(67)62-38(27-57-42)21-35-12-8-10-14-44(35)62)18-34(20-37)30-72-49-26-43-41(24-47(49)70-7)55(68)63-39(28-58-43)22-36-13-9-11-15-45(36)63/h8-15,18-20,23-27,31-32,38-39,51,58,73H,16-17,21-22,28-30H2,1-7H3,(H,59,66)(H,60,65)(H,61,64)/t32?,38-,39?,51?/m0/s1. The van der Waals surface area contributed by atoms with Crippen LogP contribution in [0, 0.1) is 5.92 Å². The van der Waals surface area contributed by atoms with Crippen LogP contribution >= 0.6 is 12.6 Å². The van der Waals surface area contributed by atoms with E-state index in [1.807, 2.05) is 81.1 Å². The highest BCUT2D eigenvalue weighted by Crippen LogP contribution is 2.43. The number of thiol groups is 1. The van der Waals surface area contributed by atoms with Crippen molar-refractivity contribution in [3.8, 4) is 23.0 Å². The van der Waals surface area contributed by atoms with E-state index in [0.29, 0.717) is 81.7 Å². The first-order valence-electron chi connectivity index (χ1n) is 24.5. The Morgan fingerprint density at radius 1 is 0.753 bits per heavy atom. The highest BCUT2D eigenvalue weighted by Gasteiger charge is 2.39. The molecule has 380 valence electrons. The van der Waals surface area contributed by atoms with E-state index in [0.717, 1.165) is 28.9 Å². The van der Waals surface area contributed by atoms with Crippen molar-refractivity contribution in [3.63, 3.8) is 0 Å². The summed E-state index contributed by atoms with van der Waals surface area (Å²) in [4.78, 5) is 76.9. The summed E-state index contributed by atoms with van der Waals surface area (Å²) in [6, 6.07) is 25.8. The number of carbonyl (C=O) groups excluding carboxylic acids is 5. The molecule has 5 aromatic carbocycles. The predicted molar refractivity (Wildman–Crippen MR) is 285 cm³/mol. The molecule has 0 aliphatic carbocycles. The first kappa shape index (κ1) is 50.4. The molecule has 0 saturated heterocycles. The van der Waals surface area contributed by atoms with E-state index in [-0.39, 0.29) is 60.1 Å². The Bertz CT molecular complexity index is 3020. The van der Waals surface area contributed by atoms with E-state index in [9.17, 15) is 24.0 Å². The molecule has 0 fully saturated rings. The summed E-state index contributed by atoms with van der Waals surface area (Å²) in [7, 11) is 3.02. The molecule has 0 aromatic heterocycles. The average molecular weight is 1010 g/mol. The van der Waals surface area contributed by atoms with Crippen LogP contribution in [-0.2, 0) is 40.4 Å². The van der Waals surface area contributed by atoms with E-state index < -0.39 is 23.9 Å². The van der Waals surface area contributed by atoms with Crippen molar-refractivity contribution in [2.24, 2.45) is 10.9 Å². The molecule has 4 N–H and O–H groups in total. The second-order valence-electron chi connectivity index (χ2n) is 19.9. The van der Waals surface area contributed by atoms with E-state index in [1.54, 1.807) is 54.4 Å². The van der Waals surface area contributed by atoms with Gasteiger partial charge in [-0.15, -0.1) is 0 Å². The number of nitrogens with one attached hydrogen (secondary N) is 4. The second-order valence-corrected chi connectivity index (χ2v) is 21.1. The molecular formula is C56H61N7O9S. The van der Waals surface area contributed by atoms with Crippen LogP contribution in [-0.4, -0.2) is 85.4 Å². The maximum absolute atomic E-state index is 14.1. The third-order valence-corrected chi connectivity index (χ3v) is 13.8. The highest BCUT2D eigenvalue weighted by molar-refractivity contribution is 7.81. The summed E-state index contributed by atoms with van der Waals surface area (Å²) < 4.78 is 24.1. The number of methoxy groups -OCH3 is 2. The number of hydrogen-bond acceptors (Lipinski definition) is 12. The van der Waals surface area contributed by atoms with Crippen LogP contribution in [0.25, 0.3) is 0 Å². The molecule has 4 heterocycles. The van der Waals surface area contributed by atoms with Gasteiger partial charge in [-0.3, -0.25) is 33.9 Å². The van der Waals surface area contributed by atoms with E-state index in [4.69, 9.17) is 23.9 Å². The monoisotopic (exact) mass is 1010 g/mol. The van der Waals surface area contributed by atoms with Gasteiger partial charge >= 0.3 is 0 Å². The minimum atomic E-state index is -0.999. The third kappa shape index (κ3) is 10.8. The Labute approximate surface area is 430 Å². The van der Waals surface area contributed by atoms with Gasteiger partial charge in [-0.25, -0.2) is 0 Å². The van der Waals surface area contributed by atoms with Crippen molar-refractivity contribution < 1.29 is 42.9 Å². The van der Waals surface area contributed by atoms with Crippen LogP contribution in [0.4, 0.5) is 28.4 Å². The largest absolute Gasteiger partial charge is 0.493 e. The fourth-order valence-corrected chi connectivity index (χ4v) is 9.86. The zero-order valence-electron chi connectivity index (χ0n) is 42.0. The second kappa shape index (κ2) is 20.9. The van der Waals surface area contributed by atoms with Gasteiger partial charge in [-0.1, -0.05) is 64.1 Å². The van der Waals surface area contributed by atoms with Crippen LogP contribution < -0.4 is 50.0 Å². The van der Waals surface area contributed by atoms with Gasteiger partial charge in [0, 0.05) is 59.5 Å². The quantitative estimate of drug-likeness (QED) is 0.0568. The minimum Gasteiger partial charge on any atom is -0.493 e. The summed E-state index contributed by atoms with van der Waals surface area (Å²) in [5.74, 6) is -0.427. The van der Waals surface area contributed by atoms with E-state index in [2.05, 4.69) is 40.0 Å². The van der Waals surface area contributed by atoms with Crippen molar-refractivity contribution >= 4 is 76.8 Å². The van der Waals surface area contributed by atoms with E-state index >= 15 is 0 Å². The fraction of sp³-hybridized carbons (Fsp3) is 0.357. The number of amides is 5. The van der Waals surface area contributed by atoms with Gasteiger partial charge in [0.1, 0.15) is 25.3 Å². The van der Waals surface area contributed by atoms with Crippen LogP contribution in [0.1, 0.15) is 90.4 Å². The van der Waals surface area contributed by atoms with Crippen LogP contribution in [0.3, 0.4) is 0 Å². The van der Waals surface area contributed by atoms with Crippen LogP contribution in [0.15, 0.2) is 96.0 Å². The molecule has 5 amide bonds. The summed E-state index contributed by atoms with van der Waals surface area (Å²) in [5.41, 5.74) is 7.52. The zero-order chi connectivity index (χ0) is 51.7. The van der Waals surface area contributed by atoms with Gasteiger partial charge in [0.25, 0.3) is 11.8 Å². The number of rotatable bonds is 17. The van der Waals surface area contributed by atoms with Gasteiger partial charge in [-0.05, 0) is 90.4 Å². The lowest BCUT2D eigenvalue weighted by Gasteiger charge is -2.24. The number of hydrogen-bond donors (Lipinski definition) is 5. The van der Waals surface area contributed by atoms with Gasteiger partial charge < -0.3 is 45.1 Å². The van der Waals surface area contributed by atoms with Gasteiger partial charge in [0.05, 0.1) is 48.8 Å². The predicted octanol–water partition coefficient (Wildman–Crippen LogP) is 8.22. The van der Waals surface area contributed by atoms with Crippen LogP contribution in [0.5, 0.6) is 23.0 Å². The fourth-order valence-electron chi connectivity index (χ4n) is 9.74. The molecule has 5 aromatic rings. The van der Waals surface area contributed by atoms with Gasteiger partial charge in [0.2, 0.25) is 17.7 Å². The zero-order valence-corrected chi connectivity index (χ0v) is 42.9. The molecule has 0 spiro atoms. The first-order chi connectivity index (χ1) is 35.0. The molecule has 73 heavy (non-hydrogen) atoms. The van der Waals surface area contributed by atoms with Crippen molar-refractivity contribution in [1.29, 1.82) is 0 Å². The smallest absolute Gasteiger partial charge is 0.261 e. The number of nitrogens with zero attached hydrogens (tertiary/aromatic N) is 3. The third-order valence-electron chi connectivity index (χ3n) is 13.6. The summed E-state index contributed by atoms with van der Waals surface area (Å²) in [6.45, 7) is 9.59. The normalized spacial score (nSPS) is 17.1. The highest BCUT2D eigenvalue weighted by atomic mass is 32.1. The maximum Gasteiger partial charge on any atom is 0.261 e. The summed E-state index contributed by atoms with van der Waals surface area (Å²) in [6.07, 6.45) is 3.90. The Balaban J connectivity index is 0.959. The molecule has 17 heteroatoms. The Morgan fingerprint density at radius 3 is 2.00 bits per heavy atom. The van der Waals surface area contributed by atoms with Gasteiger partial charge in [-0.2, -0.15) is 12.6 Å². The number of benzene rings is 5. The van der Waals surface area contributed by atoms with Crippen molar-refractivity contribution in [1.82, 2.24) is 10.6 Å². The lowest BCUT2D eigenvalue weighted by atomic mass is 10.0. The molecule has 0 radical (unpaired) electrons. The summed E-state index contributed by atoms with van der Waals surface area (Å²) >= 11 is 4.51. The molecule has 3 unspecified atom stereocenters. The molecule has 4 aliphatic heterocycles. The van der Waals surface area contributed by atoms with Crippen molar-refractivity contribution in [3.05, 3.63) is 124 Å². The Kier molecular flexibility index (Phi) is 14.4. The molecule has 16 nitrogen and oxygen atoms in total. The molecule has 4 aliphatic rings. The molecular weight excluding hydrogens is 947 g/mol. The van der Waals surface area contributed by atoms with E-state index in [1.165, 1.54) is 14.2 Å². The number of aliphatic imine (C=N–C) groups is 1. The lowest BCUT2D eigenvalue weighted by molar-refractivity contribution is -0.131. The average Bonchev–Trinajstić information content (AvgIpc) is 3.86. The topological polar surface area (TPSA) is 189 Å². The maximum atomic E-state index is 14.1. The number of ether oxygens (including phenoxy) is 4. The number of para-hydroxylation sites is 2. The molecule has 4 atom stereocenters. The SMILES string of the molecule is COc1cc2c(cc1OCc1cc(COc3cc4c(cc3OC)C(=O)N3c5ccccc5CC3CN4)cc(NC(=O)C(C)NC(=O)C(NC(=O)CCC(C)(C)S)C(C)C)c1)N=C[C@@H]1Cc3ccccc3N1C2=O. The number of fused-ring (bicyclic) bond motifs is 8. The Hall–Kier alpha value is -7.53. The summed E-state index contributed by atoms with van der Waals surface area (Å²) in [5, 5.41) is 12.0. The van der Waals surface area contributed by atoms with Crippen molar-refractivity contribution in [2.45, 2.75) is 102 Å². The Morgan fingerprint density at radius 2 is 1.36 bits per heavy atom. The number of carbonyl (C=O) groups is 5. The van der Waals surface area contributed by atoms with Gasteiger partial charge in [0.15, 0.2) is 23.0 Å². The first-order valence-corrected chi connectivity index (χ1v) is 25.0. The van der Waals surface area contributed by atoms with Crippen molar-refractivity contribution in [2.75, 3.05) is 41.2 Å².